The molecular formula is C16H27N3. The van der Waals surface area contributed by atoms with Gasteiger partial charge in [-0.1, -0.05) is 30.3 Å². The lowest BCUT2D eigenvalue weighted by Gasteiger charge is -2.21. The largest absolute Gasteiger partial charge is 0.330 e. The first-order valence-corrected chi connectivity index (χ1v) is 7.57. The van der Waals surface area contributed by atoms with Crippen LogP contribution in [-0.4, -0.2) is 55.6 Å². The average Bonchev–Trinajstić information content (AvgIpc) is 2.69. The molecule has 2 rings (SSSR count). The van der Waals surface area contributed by atoms with Crippen molar-refractivity contribution < 1.29 is 0 Å². The van der Waals surface area contributed by atoms with Gasteiger partial charge in [-0.25, -0.2) is 0 Å². The zero-order valence-electron chi connectivity index (χ0n) is 11.9. The van der Waals surface area contributed by atoms with Gasteiger partial charge in [-0.05, 0) is 51.0 Å². The Balaban J connectivity index is 1.70. The first-order valence-electron chi connectivity index (χ1n) is 7.57. The second-order valence-electron chi connectivity index (χ2n) is 5.41. The van der Waals surface area contributed by atoms with Gasteiger partial charge in [0.05, 0.1) is 0 Å². The number of rotatable bonds is 6. The lowest BCUT2D eigenvalue weighted by Crippen LogP contribution is -2.33. The van der Waals surface area contributed by atoms with Gasteiger partial charge < -0.3 is 15.5 Å². The monoisotopic (exact) mass is 261 g/mol. The fraction of sp³-hybridized carbons (Fsp3) is 0.625. The topological polar surface area (TPSA) is 32.5 Å². The van der Waals surface area contributed by atoms with E-state index in [4.69, 9.17) is 5.73 Å². The second-order valence-corrected chi connectivity index (χ2v) is 5.41. The SMILES string of the molecule is NCCCN1CCCN(CCc2ccccc2)CC1. The molecule has 0 amide bonds. The Kier molecular flexibility index (Phi) is 6.34. The van der Waals surface area contributed by atoms with E-state index in [1.807, 2.05) is 0 Å². The second kappa shape index (κ2) is 8.31. The van der Waals surface area contributed by atoms with Gasteiger partial charge in [0.1, 0.15) is 0 Å². The maximum atomic E-state index is 5.59. The molecule has 1 aromatic rings. The molecule has 0 atom stereocenters. The van der Waals surface area contributed by atoms with Crippen molar-refractivity contribution in [1.82, 2.24) is 9.80 Å². The van der Waals surface area contributed by atoms with Crippen molar-refractivity contribution in [3.8, 4) is 0 Å². The fourth-order valence-electron chi connectivity index (χ4n) is 2.72. The average molecular weight is 261 g/mol. The van der Waals surface area contributed by atoms with Gasteiger partial charge in [0.25, 0.3) is 0 Å². The summed E-state index contributed by atoms with van der Waals surface area (Å²) >= 11 is 0. The minimum Gasteiger partial charge on any atom is -0.330 e. The van der Waals surface area contributed by atoms with Gasteiger partial charge in [0, 0.05) is 19.6 Å². The predicted molar refractivity (Wildman–Crippen MR) is 81.3 cm³/mol. The third kappa shape index (κ3) is 5.31. The zero-order chi connectivity index (χ0) is 13.3. The quantitative estimate of drug-likeness (QED) is 0.844. The summed E-state index contributed by atoms with van der Waals surface area (Å²) < 4.78 is 0. The van der Waals surface area contributed by atoms with Gasteiger partial charge in [-0.2, -0.15) is 0 Å². The molecule has 1 fully saturated rings. The lowest BCUT2D eigenvalue weighted by atomic mass is 10.1. The minimum absolute atomic E-state index is 0.814. The maximum absolute atomic E-state index is 5.59. The van der Waals surface area contributed by atoms with Crippen molar-refractivity contribution in [2.45, 2.75) is 19.3 Å². The third-order valence-corrected chi connectivity index (χ3v) is 3.92. The van der Waals surface area contributed by atoms with E-state index >= 15 is 0 Å². The minimum atomic E-state index is 0.814. The highest BCUT2D eigenvalue weighted by Gasteiger charge is 2.13. The molecule has 2 N–H and O–H groups in total. The Bertz CT molecular complexity index is 339. The Labute approximate surface area is 117 Å². The van der Waals surface area contributed by atoms with E-state index in [0.717, 1.165) is 13.0 Å². The van der Waals surface area contributed by atoms with Crippen LogP contribution in [0.4, 0.5) is 0 Å². The van der Waals surface area contributed by atoms with Crippen LogP contribution in [0.1, 0.15) is 18.4 Å². The molecule has 19 heavy (non-hydrogen) atoms. The van der Waals surface area contributed by atoms with E-state index < -0.39 is 0 Å². The smallest absolute Gasteiger partial charge is 0.0109 e. The van der Waals surface area contributed by atoms with Crippen LogP contribution in [0.2, 0.25) is 0 Å². The van der Waals surface area contributed by atoms with Crippen LogP contribution in [0.15, 0.2) is 30.3 Å². The van der Waals surface area contributed by atoms with Crippen molar-refractivity contribution in [2.75, 3.05) is 45.8 Å². The normalized spacial score (nSPS) is 18.4. The summed E-state index contributed by atoms with van der Waals surface area (Å²) in [4.78, 5) is 5.17. The third-order valence-electron chi connectivity index (χ3n) is 3.92. The van der Waals surface area contributed by atoms with Crippen LogP contribution < -0.4 is 5.73 Å². The van der Waals surface area contributed by atoms with E-state index in [1.54, 1.807) is 0 Å². The Morgan fingerprint density at radius 2 is 1.58 bits per heavy atom. The fourth-order valence-corrected chi connectivity index (χ4v) is 2.72. The Morgan fingerprint density at radius 1 is 0.895 bits per heavy atom. The van der Waals surface area contributed by atoms with Crippen molar-refractivity contribution in [2.24, 2.45) is 5.73 Å². The molecule has 3 heteroatoms. The van der Waals surface area contributed by atoms with Crippen molar-refractivity contribution in [3.63, 3.8) is 0 Å². The Hall–Kier alpha value is -0.900. The van der Waals surface area contributed by atoms with E-state index in [2.05, 4.69) is 40.1 Å². The van der Waals surface area contributed by atoms with Crippen molar-refractivity contribution in [3.05, 3.63) is 35.9 Å². The van der Waals surface area contributed by atoms with Crippen LogP contribution in [-0.2, 0) is 6.42 Å². The highest BCUT2D eigenvalue weighted by molar-refractivity contribution is 5.14. The number of nitrogens with two attached hydrogens (primary N) is 1. The van der Waals surface area contributed by atoms with Crippen LogP contribution >= 0.6 is 0 Å². The predicted octanol–water partition coefficient (Wildman–Crippen LogP) is 1.59. The molecule has 1 saturated heterocycles. The number of hydrogen-bond acceptors (Lipinski definition) is 3. The zero-order valence-corrected chi connectivity index (χ0v) is 11.9. The molecule has 1 aromatic carbocycles. The van der Waals surface area contributed by atoms with Gasteiger partial charge >= 0.3 is 0 Å². The molecule has 0 aliphatic carbocycles. The van der Waals surface area contributed by atoms with E-state index in [0.29, 0.717) is 0 Å². The van der Waals surface area contributed by atoms with Gasteiger partial charge in [-0.15, -0.1) is 0 Å². The van der Waals surface area contributed by atoms with E-state index in [1.165, 1.54) is 57.7 Å². The maximum Gasteiger partial charge on any atom is 0.0109 e. The number of benzene rings is 1. The molecule has 0 radical (unpaired) electrons. The lowest BCUT2D eigenvalue weighted by molar-refractivity contribution is 0.257. The summed E-state index contributed by atoms with van der Waals surface area (Å²) in [5.41, 5.74) is 7.04. The van der Waals surface area contributed by atoms with Crippen LogP contribution in [0.5, 0.6) is 0 Å². The summed E-state index contributed by atoms with van der Waals surface area (Å²) in [5, 5.41) is 0. The molecule has 0 unspecified atom stereocenters. The molecule has 3 nitrogen and oxygen atoms in total. The molecule has 0 saturated carbocycles. The van der Waals surface area contributed by atoms with Crippen LogP contribution in [0.3, 0.4) is 0 Å². The van der Waals surface area contributed by atoms with E-state index in [-0.39, 0.29) is 0 Å². The molecule has 0 bridgehead atoms. The highest BCUT2D eigenvalue weighted by atomic mass is 15.2. The van der Waals surface area contributed by atoms with Gasteiger partial charge in [-0.3, -0.25) is 0 Å². The first-order chi connectivity index (χ1) is 9.38. The summed E-state index contributed by atoms with van der Waals surface area (Å²) in [6.07, 6.45) is 3.59. The van der Waals surface area contributed by atoms with Gasteiger partial charge in [0.2, 0.25) is 0 Å². The molecule has 1 aliphatic rings. The Morgan fingerprint density at radius 3 is 2.26 bits per heavy atom. The van der Waals surface area contributed by atoms with Gasteiger partial charge in [0.15, 0.2) is 0 Å². The standard InChI is InChI=1S/C16H27N3/c17-9-4-10-18-11-5-12-19(15-14-18)13-8-16-6-2-1-3-7-16/h1-3,6-7H,4-5,8-15,17H2. The summed E-state index contributed by atoms with van der Waals surface area (Å²) in [6, 6.07) is 10.8. The van der Waals surface area contributed by atoms with Crippen molar-refractivity contribution >= 4 is 0 Å². The summed E-state index contributed by atoms with van der Waals surface area (Å²) in [5.74, 6) is 0. The highest BCUT2D eigenvalue weighted by Crippen LogP contribution is 2.06. The summed E-state index contributed by atoms with van der Waals surface area (Å²) in [6.45, 7) is 8.06. The van der Waals surface area contributed by atoms with Crippen molar-refractivity contribution in [1.29, 1.82) is 0 Å². The van der Waals surface area contributed by atoms with E-state index in [9.17, 15) is 0 Å². The van der Waals surface area contributed by atoms with Crippen LogP contribution in [0.25, 0.3) is 0 Å². The molecular weight excluding hydrogens is 234 g/mol. The van der Waals surface area contributed by atoms with Crippen LogP contribution in [0, 0.1) is 0 Å². The molecule has 0 aromatic heterocycles. The number of hydrogen-bond donors (Lipinski definition) is 1. The summed E-state index contributed by atoms with van der Waals surface area (Å²) in [7, 11) is 0. The number of nitrogens with zero attached hydrogens (tertiary/aromatic N) is 2. The molecule has 1 heterocycles. The molecule has 106 valence electrons. The molecule has 1 aliphatic heterocycles. The first kappa shape index (κ1) is 14.5. The molecule has 0 spiro atoms.